The quantitative estimate of drug-likeness (QED) is 0.735. The minimum atomic E-state index is -3.92. The molecule has 0 aliphatic heterocycles. The number of carbonyl (C=O) groups is 1. The van der Waals surface area contributed by atoms with Crippen LogP contribution in [0.3, 0.4) is 0 Å². The molecule has 0 aromatic heterocycles. The highest BCUT2D eigenvalue weighted by Crippen LogP contribution is 2.31. The molecule has 8 heteroatoms. The van der Waals surface area contributed by atoms with Crippen LogP contribution in [0.2, 0.25) is 0 Å². The molecule has 0 heterocycles. The first-order chi connectivity index (χ1) is 13.4. The average Bonchev–Trinajstić information content (AvgIpc) is 3.23. The number of carbonyl (C=O) groups excluding carboxylic acids is 1. The van der Waals surface area contributed by atoms with Crippen molar-refractivity contribution >= 4 is 27.3 Å². The van der Waals surface area contributed by atoms with Crippen molar-refractivity contribution in [2.24, 2.45) is 5.92 Å². The lowest BCUT2D eigenvalue weighted by molar-refractivity contribution is -0.119. The Morgan fingerprint density at radius 2 is 1.61 bits per heavy atom. The van der Waals surface area contributed by atoms with E-state index in [1.807, 2.05) is 0 Å². The predicted octanol–water partition coefficient (Wildman–Crippen LogP) is 3.63. The van der Waals surface area contributed by atoms with E-state index in [-0.39, 0.29) is 22.5 Å². The van der Waals surface area contributed by atoms with Crippen molar-refractivity contribution in [3.8, 4) is 11.5 Å². The van der Waals surface area contributed by atoms with Gasteiger partial charge in [0.05, 0.1) is 14.2 Å². The number of anilines is 2. The molecule has 1 aliphatic carbocycles. The van der Waals surface area contributed by atoms with E-state index in [2.05, 4.69) is 10.0 Å². The van der Waals surface area contributed by atoms with Crippen LogP contribution >= 0.6 is 0 Å². The lowest BCUT2D eigenvalue weighted by atomic mass is 10.1. The number of rotatable bonds is 7. The Labute approximate surface area is 165 Å². The van der Waals surface area contributed by atoms with Gasteiger partial charge in [-0.2, -0.15) is 0 Å². The van der Waals surface area contributed by atoms with Gasteiger partial charge in [-0.15, -0.1) is 0 Å². The van der Waals surface area contributed by atoms with Gasteiger partial charge < -0.3 is 14.8 Å². The molecule has 2 aromatic rings. The summed E-state index contributed by atoms with van der Waals surface area (Å²) >= 11 is 0. The van der Waals surface area contributed by atoms with Gasteiger partial charge in [-0.3, -0.25) is 9.52 Å². The summed E-state index contributed by atoms with van der Waals surface area (Å²) in [6, 6.07) is 11.1. The van der Waals surface area contributed by atoms with E-state index in [9.17, 15) is 13.2 Å². The van der Waals surface area contributed by atoms with Crippen LogP contribution in [0.25, 0.3) is 0 Å². The molecule has 1 fully saturated rings. The maximum atomic E-state index is 12.9. The Kier molecular flexibility index (Phi) is 6.08. The molecule has 1 saturated carbocycles. The van der Waals surface area contributed by atoms with Gasteiger partial charge in [0, 0.05) is 17.3 Å². The number of amides is 1. The van der Waals surface area contributed by atoms with Crippen molar-refractivity contribution in [3.05, 3.63) is 42.5 Å². The van der Waals surface area contributed by atoms with Gasteiger partial charge >= 0.3 is 0 Å². The summed E-state index contributed by atoms with van der Waals surface area (Å²) in [5, 5.41) is 2.82. The normalized spacial score (nSPS) is 14.5. The first-order valence-corrected chi connectivity index (χ1v) is 10.6. The van der Waals surface area contributed by atoms with Crippen LogP contribution in [-0.2, 0) is 14.8 Å². The summed E-state index contributed by atoms with van der Waals surface area (Å²) in [5.74, 6) is 0.728. The number of hydrogen-bond donors (Lipinski definition) is 2. The van der Waals surface area contributed by atoms with Crippen LogP contribution in [0.15, 0.2) is 47.4 Å². The molecular formula is C20H24N2O5S. The van der Waals surface area contributed by atoms with Crippen LogP contribution in [-0.4, -0.2) is 28.5 Å². The molecule has 1 aliphatic rings. The second-order valence-corrected chi connectivity index (χ2v) is 8.32. The predicted molar refractivity (Wildman–Crippen MR) is 107 cm³/mol. The summed E-state index contributed by atoms with van der Waals surface area (Å²) in [6.07, 6.45) is 3.83. The number of nitrogens with one attached hydrogen (secondary N) is 2. The number of benzene rings is 2. The fraction of sp³-hybridized carbons (Fsp3) is 0.350. The smallest absolute Gasteiger partial charge is 0.265 e. The van der Waals surface area contributed by atoms with Crippen LogP contribution in [0, 0.1) is 5.92 Å². The standard InChI is InChI=1S/C20H24N2O5S/c1-26-17-10-7-15(8-11-17)22-28(24,25)19-13-16(9-12-18(19)27-2)21-20(23)14-5-3-4-6-14/h7-14,22H,3-6H2,1-2H3,(H,21,23). The molecule has 1 amide bonds. The first kappa shape index (κ1) is 20.0. The monoisotopic (exact) mass is 404 g/mol. The molecular weight excluding hydrogens is 380 g/mol. The van der Waals surface area contributed by atoms with Crippen molar-refractivity contribution in [1.29, 1.82) is 0 Å². The lowest BCUT2D eigenvalue weighted by Gasteiger charge is -2.15. The second-order valence-electron chi connectivity index (χ2n) is 6.67. The molecule has 3 rings (SSSR count). The molecule has 2 aromatic carbocycles. The van der Waals surface area contributed by atoms with Crippen molar-refractivity contribution in [2.45, 2.75) is 30.6 Å². The Hall–Kier alpha value is -2.74. The Bertz CT molecular complexity index is 936. The summed E-state index contributed by atoms with van der Waals surface area (Å²) < 4.78 is 38.6. The van der Waals surface area contributed by atoms with Gasteiger partial charge in [-0.1, -0.05) is 12.8 Å². The fourth-order valence-corrected chi connectivity index (χ4v) is 4.52. The Balaban J connectivity index is 1.84. The van der Waals surface area contributed by atoms with Crippen LogP contribution in [0.4, 0.5) is 11.4 Å². The summed E-state index contributed by atoms with van der Waals surface area (Å²) in [5.41, 5.74) is 0.816. The molecule has 2 N–H and O–H groups in total. The van der Waals surface area contributed by atoms with Gasteiger partial charge in [0.15, 0.2) is 0 Å². The Morgan fingerprint density at radius 1 is 0.964 bits per heavy atom. The molecule has 150 valence electrons. The van der Waals surface area contributed by atoms with E-state index in [1.54, 1.807) is 30.3 Å². The molecule has 0 radical (unpaired) electrons. The van der Waals surface area contributed by atoms with Crippen molar-refractivity contribution in [3.63, 3.8) is 0 Å². The molecule has 7 nitrogen and oxygen atoms in total. The lowest BCUT2D eigenvalue weighted by Crippen LogP contribution is -2.21. The van der Waals surface area contributed by atoms with Gasteiger partial charge in [0.1, 0.15) is 16.4 Å². The minimum Gasteiger partial charge on any atom is -0.497 e. The largest absolute Gasteiger partial charge is 0.497 e. The highest BCUT2D eigenvalue weighted by Gasteiger charge is 2.24. The first-order valence-electron chi connectivity index (χ1n) is 9.09. The molecule has 28 heavy (non-hydrogen) atoms. The summed E-state index contributed by atoms with van der Waals surface area (Å²) in [6.45, 7) is 0. The van der Waals surface area contributed by atoms with Crippen molar-refractivity contribution in [1.82, 2.24) is 0 Å². The second kappa shape index (κ2) is 8.52. The van der Waals surface area contributed by atoms with Gasteiger partial charge in [0.25, 0.3) is 10.0 Å². The van der Waals surface area contributed by atoms with Crippen molar-refractivity contribution in [2.75, 3.05) is 24.3 Å². The van der Waals surface area contributed by atoms with Crippen LogP contribution < -0.4 is 19.5 Å². The topological polar surface area (TPSA) is 93.7 Å². The zero-order valence-corrected chi connectivity index (χ0v) is 16.7. The maximum Gasteiger partial charge on any atom is 0.265 e. The molecule has 0 bridgehead atoms. The van der Waals surface area contributed by atoms with Crippen molar-refractivity contribution < 1.29 is 22.7 Å². The van der Waals surface area contributed by atoms with Gasteiger partial charge in [0.2, 0.25) is 5.91 Å². The number of hydrogen-bond acceptors (Lipinski definition) is 5. The third kappa shape index (κ3) is 4.56. The number of sulfonamides is 1. The van der Waals surface area contributed by atoms with E-state index in [0.29, 0.717) is 17.1 Å². The maximum absolute atomic E-state index is 12.9. The van der Waals surface area contributed by atoms with Gasteiger partial charge in [-0.05, 0) is 55.3 Å². The Morgan fingerprint density at radius 3 is 2.21 bits per heavy atom. The van der Waals surface area contributed by atoms with E-state index in [1.165, 1.54) is 26.4 Å². The van der Waals surface area contributed by atoms with Gasteiger partial charge in [-0.25, -0.2) is 8.42 Å². The van der Waals surface area contributed by atoms with Crippen LogP contribution in [0.1, 0.15) is 25.7 Å². The molecule has 0 saturated heterocycles. The van der Waals surface area contributed by atoms with Crippen LogP contribution in [0.5, 0.6) is 11.5 Å². The summed E-state index contributed by atoms with van der Waals surface area (Å²) in [7, 11) is -0.982. The zero-order chi connectivity index (χ0) is 20.1. The minimum absolute atomic E-state index is 0.0143. The highest BCUT2D eigenvalue weighted by atomic mass is 32.2. The van der Waals surface area contributed by atoms with E-state index >= 15 is 0 Å². The van der Waals surface area contributed by atoms with E-state index in [0.717, 1.165) is 25.7 Å². The number of methoxy groups -OCH3 is 2. The third-order valence-electron chi connectivity index (χ3n) is 4.79. The van der Waals surface area contributed by atoms with E-state index < -0.39 is 10.0 Å². The molecule has 0 atom stereocenters. The van der Waals surface area contributed by atoms with E-state index in [4.69, 9.17) is 9.47 Å². The molecule has 0 unspecified atom stereocenters. The fourth-order valence-electron chi connectivity index (χ4n) is 3.27. The highest BCUT2D eigenvalue weighted by molar-refractivity contribution is 7.92. The zero-order valence-electron chi connectivity index (χ0n) is 15.9. The third-order valence-corrected chi connectivity index (χ3v) is 6.19. The molecule has 0 spiro atoms. The summed E-state index contributed by atoms with van der Waals surface area (Å²) in [4.78, 5) is 12.3. The SMILES string of the molecule is COc1ccc(NS(=O)(=O)c2cc(NC(=O)C3CCCC3)ccc2OC)cc1. The number of ether oxygens (including phenoxy) is 2. The average molecular weight is 404 g/mol.